The largest absolute Gasteiger partial charge is 0.490 e. The summed E-state index contributed by atoms with van der Waals surface area (Å²) in [6.45, 7) is 0. The normalized spacial score (nSPS) is 10.0. The molecule has 1 amide bonds. The molecule has 0 radical (unpaired) electrons. The fourth-order valence-corrected chi connectivity index (χ4v) is 1.92. The molecule has 0 aromatic heterocycles. The Morgan fingerprint density at radius 1 is 1.24 bits per heavy atom. The molecule has 0 saturated carbocycles. The number of anilines is 1. The number of carbonyl (C=O) groups excluding carboxylic acids is 1. The van der Waals surface area contributed by atoms with Crippen LogP contribution in [-0.2, 0) is 0 Å². The first-order valence-electron chi connectivity index (χ1n) is 5.91. The van der Waals surface area contributed by atoms with Crippen molar-refractivity contribution in [2.24, 2.45) is 0 Å². The molecule has 6 nitrogen and oxygen atoms in total. The number of nitro groups is 1. The van der Waals surface area contributed by atoms with Gasteiger partial charge in [-0.05, 0) is 36.4 Å². The van der Waals surface area contributed by atoms with Crippen molar-refractivity contribution in [3.8, 4) is 5.75 Å². The monoisotopic (exact) mass is 306 g/mol. The van der Waals surface area contributed by atoms with Gasteiger partial charge in [-0.1, -0.05) is 17.7 Å². The third-order valence-corrected chi connectivity index (χ3v) is 3.00. The van der Waals surface area contributed by atoms with E-state index in [1.807, 2.05) is 0 Å². The van der Waals surface area contributed by atoms with E-state index < -0.39 is 10.8 Å². The number of nitro benzene ring substituents is 1. The zero-order valence-corrected chi connectivity index (χ0v) is 11.8. The summed E-state index contributed by atoms with van der Waals surface area (Å²) < 4.78 is 4.92. The maximum Gasteiger partial charge on any atom is 0.323 e. The van der Waals surface area contributed by atoms with Crippen LogP contribution >= 0.6 is 11.6 Å². The standard InChI is InChI=1S/C14H11ClN2O4/c1-21-12-4-2-3-11(13(12)17(19)20)14(18)16-10-7-5-9(15)6-8-10/h2-8H,1H3,(H,16,18). The second-order valence-corrected chi connectivity index (χ2v) is 4.51. The van der Waals surface area contributed by atoms with Gasteiger partial charge in [-0.15, -0.1) is 0 Å². The maximum atomic E-state index is 12.2. The minimum absolute atomic E-state index is 0.0313. The van der Waals surface area contributed by atoms with E-state index in [4.69, 9.17) is 16.3 Å². The lowest BCUT2D eigenvalue weighted by Gasteiger charge is -2.08. The average molecular weight is 307 g/mol. The summed E-state index contributed by atoms with van der Waals surface area (Å²) in [5.74, 6) is -0.563. The van der Waals surface area contributed by atoms with Gasteiger partial charge in [-0.2, -0.15) is 0 Å². The molecule has 0 atom stereocenters. The molecule has 0 aliphatic rings. The highest BCUT2D eigenvalue weighted by Crippen LogP contribution is 2.31. The average Bonchev–Trinajstić information content (AvgIpc) is 2.48. The number of halogens is 1. The summed E-state index contributed by atoms with van der Waals surface area (Å²) >= 11 is 5.75. The van der Waals surface area contributed by atoms with Crippen molar-refractivity contribution in [3.05, 3.63) is 63.2 Å². The summed E-state index contributed by atoms with van der Waals surface area (Å²) in [6, 6.07) is 10.7. The molecule has 2 rings (SSSR count). The smallest absolute Gasteiger partial charge is 0.323 e. The Labute approximate surface area is 125 Å². The van der Waals surface area contributed by atoms with E-state index in [-0.39, 0.29) is 17.0 Å². The van der Waals surface area contributed by atoms with E-state index in [2.05, 4.69) is 5.32 Å². The van der Waals surface area contributed by atoms with Gasteiger partial charge in [0.25, 0.3) is 5.91 Å². The Morgan fingerprint density at radius 3 is 2.48 bits per heavy atom. The van der Waals surface area contributed by atoms with Crippen LogP contribution < -0.4 is 10.1 Å². The highest BCUT2D eigenvalue weighted by Gasteiger charge is 2.25. The van der Waals surface area contributed by atoms with E-state index in [0.29, 0.717) is 10.7 Å². The zero-order valence-electron chi connectivity index (χ0n) is 11.0. The quantitative estimate of drug-likeness (QED) is 0.692. The number of ether oxygens (including phenoxy) is 1. The summed E-state index contributed by atoms with van der Waals surface area (Å²) in [7, 11) is 1.31. The van der Waals surface area contributed by atoms with E-state index in [1.54, 1.807) is 24.3 Å². The molecule has 0 aliphatic carbocycles. The first-order chi connectivity index (χ1) is 10.0. The van der Waals surface area contributed by atoms with Crippen LogP contribution in [0.2, 0.25) is 5.02 Å². The highest BCUT2D eigenvalue weighted by atomic mass is 35.5. The summed E-state index contributed by atoms with van der Waals surface area (Å²) in [5.41, 5.74) is 0.0438. The molecule has 0 saturated heterocycles. The van der Waals surface area contributed by atoms with Crippen molar-refractivity contribution < 1.29 is 14.5 Å². The maximum absolute atomic E-state index is 12.2. The van der Waals surface area contributed by atoms with Gasteiger partial charge in [0.1, 0.15) is 5.56 Å². The van der Waals surface area contributed by atoms with Gasteiger partial charge in [-0.3, -0.25) is 14.9 Å². The topological polar surface area (TPSA) is 81.5 Å². The van der Waals surface area contributed by atoms with Gasteiger partial charge in [0.2, 0.25) is 0 Å². The van der Waals surface area contributed by atoms with Crippen LogP contribution in [0.5, 0.6) is 5.75 Å². The number of hydrogen-bond donors (Lipinski definition) is 1. The van der Waals surface area contributed by atoms with Gasteiger partial charge >= 0.3 is 5.69 Å². The lowest BCUT2D eigenvalue weighted by atomic mass is 10.1. The molecule has 108 valence electrons. The third kappa shape index (κ3) is 3.29. The number of carbonyl (C=O) groups is 1. The molecule has 0 aliphatic heterocycles. The molecule has 2 aromatic carbocycles. The van der Waals surface area contributed by atoms with Crippen LogP contribution in [0.1, 0.15) is 10.4 Å². The van der Waals surface area contributed by atoms with Gasteiger partial charge in [-0.25, -0.2) is 0 Å². The summed E-state index contributed by atoms with van der Waals surface area (Å²) in [6.07, 6.45) is 0. The molecule has 1 N–H and O–H groups in total. The highest BCUT2D eigenvalue weighted by molar-refractivity contribution is 6.30. The fraction of sp³-hybridized carbons (Fsp3) is 0.0714. The predicted molar refractivity (Wildman–Crippen MR) is 79.1 cm³/mol. The van der Waals surface area contributed by atoms with Gasteiger partial charge in [0, 0.05) is 10.7 Å². The van der Waals surface area contributed by atoms with Gasteiger partial charge < -0.3 is 10.1 Å². The lowest BCUT2D eigenvalue weighted by molar-refractivity contribution is -0.386. The number of hydrogen-bond acceptors (Lipinski definition) is 4. The molecular weight excluding hydrogens is 296 g/mol. The van der Waals surface area contributed by atoms with Crippen molar-refractivity contribution in [3.63, 3.8) is 0 Å². The van der Waals surface area contributed by atoms with E-state index >= 15 is 0 Å². The molecule has 0 fully saturated rings. The number of methoxy groups -OCH3 is 1. The molecule has 0 unspecified atom stereocenters. The van der Waals surface area contributed by atoms with Crippen molar-refractivity contribution in [1.82, 2.24) is 0 Å². The Balaban J connectivity index is 2.35. The van der Waals surface area contributed by atoms with E-state index in [9.17, 15) is 14.9 Å². The van der Waals surface area contributed by atoms with E-state index in [0.717, 1.165) is 0 Å². The number of nitrogens with one attached hydrogen (secondary N) is 1. The van der Waals surface area contributed by atoms with E-state index in [1.165, 1.54) is 25.3 Å². The number of para-hydroxylation sites is 1. The van der Waals surface area contributed by atoms with Crippen molar-refractivity contribution in [2.45, 2.75) is 0 Å². The summed E-state index contributed by atoms with van der Waals surface area (Å²) in [5, 5.41) is 14.2. The SMILES string of the molecule is COc1cccc(C(=O)Nc2ccc(Cl)cc2)c1[N+](=O)[O-]. The Kier molecular flexibility index (Phi) is 4.39. The second-order valence-electron chi connectivity index (χ2n) is 4.07. The predicted octanol–water partition coefficient (Wildman–Crippen LogP) is 3.51. The van der Waals surface area contributed by atoms with Crippen LogP contribution in [0.4, 0.5) is 11.4 Å². The molecule has 0 heterocycles. The van der Waals surface area contributed by atoms with Crippen LogP contribution in [0.25, 0.3) is 0 Å². The van der Waals surface area contributed by atoms with Crippen LogP contribution in [0.3, 0.4) is 0 Å². The number of benzene rings is 2. The minimum Gasteiger partial charge on any atom is -0.490 e. The fourth-order valence-electron chi connectivity index (χ4n) is 1.79. The molecule has 0 spiro atoms. The van der Waals surface area contributed by atoms with Crippen LogP contribution in [0, 0.1) is 10.1 Å². The Hall–Kier alpha value is -2.60. The molecule has 2 aromatic rings. The molecule has 0 bridgehead atoms. The summed E-state index contributed by atoms with van der Waals surface area (Å²) in [4.78, 5) is 22.7. The number of rotatable bonds is 4. The van der Waals surface area contributed by atoms with Crippen LogP contribution in [-0.4, -0.2) is 17.9 Å². The van der Waals surface area contributed by atoms with Gasteiger partial charge in [0.05, 0.1) is 12.0 Å². The third-order valence-electron chi connectivity index (χ3n) is 2.75. The first kappa shape index (κ1) is 14.8. The van der Waals surface area contributed by atoms with Gasteiger partial charge in [0.15, 0.2) is 5.75 Å². The van der Waals surface area contributed by atoms with Crippen molar-refractivity contribution in [1.29, 1.82) is 0 Å². The molecule has 21 heavy (non-hydrogen) atoms. The Morgan fingerprint density at radius 2 is 1.90 bits per heavy atom. The van der Waals surface area contributed by atoms with Crippen molar-refractivity contribution in [2.75, 3.05) is 12.4 Å². The van der Waals surface area contributed by atoms with Crippen molar-refractivity contribution >= 4 is 28.9 Å². The molecular formula is C14H11ClN2O4. The van der Waals surface area contributed by atoms with Crippen LogP contribution in [0.15, 0.2) is 42.5 Å². The zero-order chi connectivity index (χ0) is 15.4. The number of amides is 1. The lowest BCUT2D eigenvalue weighted by Crippen LogP contribution is -2.14. The second kappa shape index (κ2) is 6.23. The Bertz CT molecular complexity index is 686. The number of nitrogens with zero attached hydrogens (tertiary/aromatic N) is 1. The molecule has 7 heteroatoms. The minimum atomic E-state index is -0.643. The first-order valence-corrected chi connectivity index (χ1v) is 6.29.